The molecule has 4 rings (SSSR count). The predicted molar refractivity (Wildman–Crippen MR) is 126 cm³/mol. The van der Waals surface area contributed by atoms with Crippen molar-refractivity contribution in [1.29, 1.82) is 0 Å². The Morgan fingerprint density at radius 1 is 0.892 bits per heavy atom. The number of anilines is 3. The lowest BCUT2D eigenvalue weighted by Crippen LogP contribution is -2.10. The molecule has 0 bridgehead atoms. The first-order valence-corrected chi connectivity index (χ1v) is 10.9. The number of alkyl halides is 3. The number of nitrogens with one attached hydrogen (secondary N) is 2. The van der Waals surface area contributed by atoms with Gasteiger partial charge in [0, 0.05) is 18.4 Å². The highest BCUT2D eigenvalue weighted by molar-refractivity contribution is 6.29. The van der Waals surface area contributed by atoms with Crippen LogP contribution < -0.4 is 10.6 Å². The van der Waals surface area contributed by atoms with Crippen LogP contribution in [0.2, 0.25) is 5.15 Å². The molecule has 0 fully saturated rings. The highest BCUT2D eigenvalue weighted by atomic mass is 35.5. The maximum atomic E-state index is 13.7. The van der Waals surface area contributed by atoms with Crippen LogP contribution in [0.3, 0.4) is 0 Å². The van der Waals surface area contributed by atoms with Gasteiger partial charge in [-0.2, -0.15) is 33.2 Å². The molecule has 0 aliphatic heterocycles. The van der Waals surface area contributed by atoms with E-state index in [0.29, 0.717) is 22.8 Å². The number of benzene rings is 2. The van der Waals surface area contributed by atoms with E-state index in [2.05, 4.69) is 40.8 Å². The second-order valence-corrected chi connectivity index (χ2v) is 7.86. The standard InChI is InChI=1S/C23H16ClF5N8/c24-19-7-4-14(10-30-19)11-31-20-34-21(33-16-5-6-18(26)17(9-16)23(27,28)29)36-22(35-20)37-32-12-13-2-1-3-15(25)8-13/h1-10H,11-12H2,(H2,31,33,34,35,36). The smallest absolute Gasteiger partial charge is 0.350 e. The molecular formula is C23H16ClF5N8. The van der Waals surface area contributed by atoms with E-state index in [4.69, 9.17) is 11.6 Å². The molecule has 0 unspecified atom stereocenters. The van der Waals surface area contributed by atoms with E-state index in [1.54, 1.807) is 18.2 Å². The van der Waals surface area contributed by atoms with Crippen molar-refractivity contribution >= 4 is 35.1 Å². The first-order chi connectivity index (χ1) is 17.7. The Morgan fingerprint density at radius 3 is 2.43 bits per heavy atom. The first kappa shape index (κ1) is 25.8. The van der Waals surface area contributed by atoms with E-state index in [0.717, 1.165) is 11.6 Å². The summed E-state index contributed by atoms with van der Waals surface area (Å²) in [7, 11) is 0. The number of halogens is 6. The molecule has 2 heterocycles. The van der Waals surface area contributed by atoms with Crippen molar-refractivity contribution in [2.75, 3.05) is 10.6 Å². The topological polar surface area (TPSA) is 100 Å². The summed E-state index contributed by atoms with van der Waals surface area (Å²) in [5.41, 5.74) is -0.275. The van der Waals surface area contributed by atoms with Crippen LogP contribution in [-0.4, -0.2) is 19.9 Å². The van der Waals surface area contributed by atoms with Gasteiger partial charge in [-0.25, -0.2) is 13.8 Å². The maximum absolute atomic E-state index is 13.7. The molecule has 0 saturated heterocycles. The van der Waals surface area contributed by atoms with Crippen LogP contribution in [0.15, 0.2) is 71.0 Å². The monoisotopic (exact) mass is 534 g/mol. The average molecular weight is 535 g/mol. The molecule has 8 nitrogen and oxygen atoms in total. The van der Waals surface area contributed by atoms with Crippen LogP contribution in [0.5, 0.6) is 0 Å². The van der Waals surface area contributed by atoms with Crippen molar-refractivity contribution in [2.24, 2.45) is 10.2 Å². The van der Waals surface area contributed by atoms with Gasteiger partial charge >= 0.3 is 6.18 Å². The fourth-order valence-electron chi connectivity index (χ4n) is 3.00. The lowest BCUT2D eigenvalue weighted by atomic mass is 10.2. The van der Waals surface area contributed by atoms with Crippen molar-refractivity contribution in [2.45, 2.75) is 19.3 Å². The Hall–Kier alpha value is -4.26. The average Bonchev–Trinajstić information content (AvgIpc) is 2.84. The summed E-state index contributed by atoms with van der Waals surface area (Å²) in [6.45, 7) is 0.251. The molecule has 0 saturated carbocycles. The molecular weight excluding hydrogens is 519 g/mol. The van der Waals surface area contributed by atoms with Gasteiger partial charge in [0.05, 0.1) is 12.1 Å². The first-order valence-electron chi connectivity index (χ1n) is 10.5. The Bertz CT molecular complexity index is 1410. The highest BCUT2D eigenvalue weighted by Gasteiger charge is 2.34. The van der Waals surface area contributed by atoms with E-state index in [9.17, 15) is 22.0 Å². The highest BCUT2D eigenvalue weighted by Crippen LogP contribution is 2.33. The lowest BCUT2D eigenvalue weighted by Gasteiger charge is -2.12. The van der Waals surface area contributed by atoms with Crippen molar-refractivity contribution in [3.63, 3.8) is 0 Å². The molecule has 0 radical (unpaired) electrons. The van der Waals surface area contributed by atoms with Crippen molar-refractivity contribution in [3.8, 4) is 0 Å². The van der Waals surface area contributed by atoms with Crippen LogP contribution in [0.4, 0.5) is 45.5 Å². The zero-order valence-corrected chi connectivity index (χ0v) is 19.4. The number of nitrogens with zero attached hydrogens (tertiary/aromatic N) is 6. The van der Waals surface area contributed by atoms with Gasteiger partial charge in [0.15, 0.2) is 0 Å². The maximum Gasteiger partial charge on any atom is 0.419 e. The number of aromatic nitrogens is 4. The SMILES string of the molecule is Fc1cccc(CN=Nc2nc(NCc3ccc(Cl)nc3)nc(Nc3ccc(F)c(C(F)(F)F)c3)n2)c1. The van der Waals surface area contributed by atoms with Crippen LogP contribution in [0, 0.1) is 11.6 Å². The van der Waals surface area contributed by atoms with E-state index in [-0.39, 0.29) is 36.6 Å². The molecule has 0 spiro atoms. The van der Waals surface area contributed by atoms with Gasteiger partial charge in [0.1, 0.15) is 16.8 Å². The van der Waals surface area contributed by atoms with E-state index in [1.807, 2.05) is 0 Å². The van der Waals surface area contributed by atoms with Crippen LogP contribution in [-0.2, 0) is 19.3 Å². The third kappa shape index (κ3) is 7.36. The molecule has 190 valence electrons. The Labute approximate surface area is 211 Å². The molecule has 0 amide bonds. The number of hydrogen-bond acceptors (Lipinski definition) is 8. The Balaban J connectivity index is 1.59. The van der Waals surface area contributed by atoms with E-state index < -0.39 is 23.4 Å². The van der Waals surface area contributed by atoms with Crippen molar-refractivity contribution in [1.82, 2.24) is 19.9 Å². The van der Waals surface area contributed by atoms with E-state index >= 15 is 0 Å². The van der Waals surface area contributed by atoms with Gasteiger partial charge in [0.25, 0.3) is 5.95 Å². The normalized spacial score (nSPS) is 11.6. The summed E-state index contributed by atoms with van der Waals surface area (Å²) in [6.07, 6.45) is -3.36. The zero-order valence-electron chi connectivity index (χ0n) is 18.6. The second-order valence-electron chi connectivity index (χ2n) is 7.47. The fourth-order valence-corrected chi connectivity index (χ4v) is 3.11. The second kappa shape index (κ2) is 11.2. The zero-order chi connectivity index (χ0) is 26.4. The molecule has 2 aromatic carbocycles. The molecule has 0 aliphatic carbocycles. The minimum Gasteiger partial charge on any atom is -0.350 e. The quantitative estimate of drug-likeness (QED) is 0.145. The van der Waals surface area contributed by atoms with Crippen molar-refractivity contribution < 1.29 is 22.0 Å². The summed E-state index contributed by atoms with van der Waals surface area (Å²) >= 11 is 5.79. The van der Waals surface area contributed by atoms with Crippen LogP contribution in [0.1, 0.15) is 16.7 Å². The molecule has 4 aromatic rings. The summed E-state index contributed by atoms with van der Waals surface area (Å²) in [4.78, 5) is 16.3. The lowest BCUT2D eigenvalue weighted by molar-refractivity contribution is -0.139. The summed E-state index contributed by atoms with van der Waals surface area (Å²) in [5, 5.41) is 13.7. The number of azo groups is 1. The number of pyridine rings is 1. The molecule has 2 aromatic heterocycles. The van der Waals surface area contributed by atoms with Gasteiger partial charge < -0.3 is 10.6 Å². The molecule has 0 aliphatic rings. The van der Waals surface area contributed by atoms with Gasteiger partial charge in [-0.1, -0.05) is 29.8 Å². The van der Waals surface area contributed by atoms with Crippen molar-refractivity contribution in [3.05, 3.63) is 94.3 Å². The van der Waals surface area contributed by atoms with Gasteiger partial charge in [-0.05, 0) is 47.5 Å². The summed E-state index contributed by atoms with van der Waals surface area (Å²) < 4.78 is 66.3. The minimum absolute atomic E-state index is 0.0188. The Kier molecular flexibility index (Phi) is 7.82. The Morgan fingerprint density at radius 2 is 1.70 bits per heavy atom. The summed E-state index contributed by atoms with van der Waals surface area (Å²) in [6, 6.07) is 11.5. The van der Waals surface area contributed by atoms with Crippen LogP contribution >= 0.6 is 11.6 Å². The summed E-state index contributed by atoms with van der Waals surface area (Å²) in [5.74, 6) is -2.18. The number of rotatable bonds is 8. The molecule has 2 N–H and O–H groups in total. The third-order valence-electron chi connectivity index (χ3n) is 4.69. The third-order valence-corrected chi connectivity index (χ3v) is 4.92. The predicted octanol–water partition coefficient (Wildman–Crippen LogP) is 6.86. The van der Waals surface area contributed by atoms with E-state index in [1.165, 1.54) is 24.4 Å². The van der Waals surface area contributed by atoms with Gasteiger partial charge in [0.2, 0.25) is 11.9 Å². The molecule has 0 atom stereocenters. The fraction of sp³-hybridized carbons (Fsp3) is 0.130. The minimum atomic E-state index is -4.89. The number of hydrogen-bond donors (Lipinski definition) is 2. The largest absolute Gasteiger partial charge is 0.419 e. The van der Waals surface area contributed by atoms with Crippen LogP contribution in [0.25, 0.3) is 0 Å². The van der Waals surface area contributed by atoms with Gasteiger partial charge in [-0.15, -0.1) is 5.11 Å². The molecule has 14 heteroatoms. The molecule has 37 heavy (non-hydrogen) atoms. The van der Waals surface area contributed by atoms with Gasteiger partial charge in [-0.3, -0.25) is 0 Å².